The molecule has 0 aliphatic carbocycles. The monoisotopic (exact) mass is 338 g/mol. The van der Waals surface area contributed by atoms with Crippen LogP contribution in [0.2, 0.25) is 5.15 Å². The van der Waals surface area contributed by atoms with Gasteiger partial charge in [0.25, 0.3) is 0 Å². The Morgan fingerprint density at radius 3 is 2.83 bits per heavy atom. The number of nitrogen functional groups attached to an aromatic ring is 1. The summed E-state index contributed by atoms with van der Waals surface area (Å²) in [6.07, 6.45) is -0.0312. The maximum Gasteiger partial charge on any atom is 0.310 e. The first-order valence-electron chi connectivity index (χ1n) is 7.11. The molecule has 0 saturated heterocycles. The molecule has 124 valence electrons. The second-order valence-electron chi connectivity index (χ2n) is 4.94. The first-order chi connectivity index (χ1) is 10.9. The average molecular weight is 339 g/mol. The standard InChI is InChI=1S/C14H19ClN6O2/c1-4-23-11(22)6-10-12(15)18-14(16)19-13(10)17-7-9-5-8(2)21(3)20-9/h5H,4,6-7H2,1-3H3,(H3,16,17,18,19). The second-order valence-corrected chi connectivity index (χ2v) is 5.29. The van der Waals surface area contributed by atoms with Crippen LogP contribution in [0.5, 0.6) is 0 Å². The number of nitrogens with one attached hydrogen (secondary N) is 1. The number of nitrogens with two attached hydrogens (primary N) is 1. The quantitative estimate of drug-likeness (QED) is 0.606. The molecule has 0 aromatic carbocycles. The van der Waals surface area contributed by atoms with E-state index in [0.717, 1.165) is 11.4 Å². The van der Waals surface area contributed by atoms with E-state index in [1.807, 2.05) is 20.0 Å². The van der Waals surface area contributed by atoms with Crippen LogP contribution in [0.1, 0.15) is 23.9 Å². The van der Waals surface area contributed by atoms with Crippen LogP contribution in [0.25, 0.3) is 0 Å². The number of aromatic nitrogens is 4. The molecule has 0 spiro atoms. The number of rotatable bonds is 6. The van der Waals surface area contributed by atoms with Crippen LogP contribution in [-0.2, 0) is 29.5 Å². The molecule has 0 saturated carbocycles. The average Bonchev–Trinajstić information content (AvgIpc) is 2.79. The highest BCUT2D eigenvalue weighted by molar-refractivity contribution is 6.30. The Morgan fingerprint density at radius 2 is 2.22 bits per heavy atom. The summed E-state index contributed by atoms with van der Waals surface area (Å²) in [5.41, 5.74) is 7.95. The van der Waals surface area contributed by atoms with Crippen LogP contribution in [-0.4, -0.2) is 32.3 Å². The minimum Gasteiger partial charge on any atom is -0.466 e. The Balaban J connectivity index is 2.20. The van der Waals surface area contributed by atoms with Gasteiger partial charge < -0.3 is 15.8 Å². The molecule has 0 amide bonds. The number of hydrogen-bond donors (Lipinski definition) is 2. The van der Waals surface area contributed by atoms with Gasteiger partial charge in [0.2, 0.25) is 5.95 Å². The van der Waals surface area contributed by atoms with E-state index < -0.39 is 5.97 Å². The van der Waals surface area contributed by atoms with Gasteiger partial charge in [-0.1, -0.05) is 11.6 Å². The number of carbonyl (C=O) groups is 1. The van der Waals surface area contributed by atoms with Crippen LogP contribution in [0, 0.1) is 6.92 Å². The number of ether oxygens (including phenoxy) is 1. The van der Waals surface area contributed by atoms with Crippen LogP contribution < -0.4 is 11.1 Å². The SMILES string of the molecule is CCOC(=O)Cc1c(Cl)nc(N)nc1NCc1cc(C)n(C)n1. The maximum absolute atomic E-state index is 11.7. The lowest BCUT2D eigenvalue weighted by molar-refractivity contribution is -0.142. The van der Waals surface area contributed by atoms with Gasteiger partial charge in [-0.3, -0.25) is 9.48 Å². The number of anilines is 2. The third-order valence-corrected chi connectivity index (χ3v) is 3.51. The molecule has 0 aliphatic rings. The highest BCUT2D eigenvalue weighted by Gasteiger charge is 2.17. The Hall–Kier alpha value is -2.35. The molecule has 0 atom stereocenters. The van der Waals surface area contributed by atoms with E-state index in [1.165, 1.54) is 0 Å². The fourth-order valence-electron chi connectivity index (χ4n) is 2.03. The number of carbonyl (C=O) groups excluding carboxylic acids is 1. The van der Waals surface area contributed by atoms with Gasteiger partial charge in [0, 0.05) is 18.3 Å². The van der Waals surface area contributed by atoms with Crippen molar-refractivity contribution in [1.29, 1.82) is 0 Å². The van der Waals surface area contributed by atoms with Gasteiger partial charge in [-0.05, 0) is 19.9 Å². The van der Waals surface area contributed by atoms with E-state index in [2.05, 4.69) is 20.4 Å². The maximum atomic E-state index is 11.7. The lowest BCUT2D eigenvalue weighted by Gasteiger charge is -2.11. The molecule has 2 aromatic rings. The van der Waals surface area contributed by atoms with Gasteiger partial charge in [0.05, 0.1) is 25.3 Å². The Kier molecular flexibility index (Phi) is 5.38. The van der Waals surface area contributed by atoms with Crippen molar-refractivity contribution in [3.05, 3.63) is 28.2 Å². The zero-order valence-electron chi connectivity index (χ0n) is 13.3. The highest BCUT2D eigenvalue weighted by atomic mass is 35.5. The van der Waals surface area contributed by atoms with E-state index >= 15 is 0 Å². The number of nitrogens with zero attached hydrogens (tertiary/aromatic N) is 4. The minimum absolute atomic E-state index is 0.0299. The normalized spacial score (nSPS) is 10.6. The number of esters is 1. The zero-order chi connectivity index (χ0) is 17.0. The van der Waals surface area contributed by atoms with Gasteiger partial charge in [-0.2, -0.15) is 10.1 Å². The molecule has 2 aromatic heterocycles. The molecule has 0 radical (unpaired) electrons. The molecule has 3 N–H and O–H groups in total. The molecule has 0 unspecified atom stereocenters. The Bertz CT molecular complexity index is 696. The van der Waals surface area contributed by atoms with Crippen LogP contribution in [0.3, 0.4) is 0 Å². The molecule has 23 heavy (non-hydrogen) atoms. The summed E-state index contributed by atoms with van der Waals surface area (Å²) in [5, 5.41) is 7.58. The van der Waals surface area contributed by atoms with Gasteiger partial charge in [-0.25, -0.2) is 4.98 Å². The summed E-state index contributed by atoms with van der Waals surface area (Å²) < 4.78 is 6.72. The third-order valence-electron chi connectivity index (χ3n) is 3.20. The van der Waals surface area contributed by atoms with Crippen molar-refractivity contribution in [3.8, 4) is 0 Å². The third kappa shape index (κ3) is 4.32. The van der Waals surface area contributed by atoms with Gasteiger partial charge in [0.1, 0.15) is 11.0 Å². The summed E-state index contributed by atoms with van der Waals surface area (Å²) in [5.74, 6) is 0.0284. The van der Waals surface area contributed by atoms with Gasteiger partial charge >= 0.3 is 5.97 Å². The van der Waals surface area contributed by atoms with Crippen molar-refractivity contribution < 1.29 is 9.53 Å². The molecule has 2 heterocycles. The van der Waals surface area contributed by atoms with Crippen molar-refractivity contribution in [2.45, 2.75) is 26.8 Å². The number of aryl methyl sites for hydroxylation is 2. The van der Waals surface area contributed by atoms with Crippen molar-refractivity contribution >= 4 is 29.3 Å². The smallest absolute Gasteiger partial charge is 0.310 e. The lowest BCUT2D eigenvalue weighted by atomic mass is 10.2. The van der Waals surface area contributed by atoms with Crippen LogP contribution in [0.4, 0.5) is 11.8 Å². The van der Waals surface area contributed by atoms with E-state index in [9.17, 15) is 4.79 Å². The predicted molar refractivity (Wildman–Crippen MR) is 87.1 cm³/mol. The largest absolute Gasteiger partial charge is 0.466 e. The zero-order valence-corrected chi connectivity index (χ0v) is 14.0. The van der Waals surface area contributed by atoms with Gasteiger partial charge in [0.15, 0.2) is 0 Å². The first kappa shape index (κ1) is 17.0. The minimum atomic E-state index is -0.403. The number of hydrogen-bond acceptors (Lipinski definition) is 7. The fraction of sp³-hybridized carbons (Fsp3) is 0.429. The molecule has 8 nitrogen and oxygen atoms in total. The van der Waals surface area contributed by atoms with E-state index in [0.29, 0.717) is 24.5 Å². The number of halogens is 1. The van der Waals surface area contributed by atoms with Crippen molar-refractivity contribution in [1.82, 2.24) is 19.7 Å². The van der Waals surface area contributed by atoms with E-state index in [4.69, 9.17) is 22.1 Å². The van der Waals surface area contributed by atoms with E-state index in [-0.39, 0.29) is 17.5 Å². The van der Waals surface area contributed by atoms with Crippen molar-refractivity contribution in [2.24, 2.45) is 7.05 Å². The lowest BCUT2D eigenvalue weighted by Crippen LogP contribution is -2.14. The van der Waals surface area contributed by atoms with Crippen LogP contribution in [0.15, 0.2) is 6.07 Å². The summed E-state index contributed by atoms with van der Waals surface area (Å²) in [4.78, 5) is 19.7. The Morgan fingerprint density at radius 1 is 1.48 bits per heavy atom. The van der Waals surface area contributed by atoms with E-state index in [1.54, 1.807) is 11.6 Å². The van der Waals surface area contributed by atoms with Gasteiger partial charge in [-0.15, -0.1) is 0 Å². The Labute approximate surface area is 139 Å². The summed E-state index contributed by atoms with van der Waals surface area (Å²) >= 11 is 6.09. The first-order valence-corrected chi connectivity index (χ1v) is 7.49. The molecule has 0 aliphatic heterocycles. The summed E-state index contributed by atoms with van der Waals surface area (Å²) in [6.45, 7) is 4.41. The fourth-order valence-corrected chi connectivity index (χ4v) is 2.27. The molecule has 0 bridgehead atoms. The second kappa shape index (κ2) is 7.28. The van der Waals surface area contributed by atoms with Crippen molar-refractivity contribution in [3.63, 3.8) is 0 Å². The molecule has 0 fully saturated rings. The van der Waals surface area contributed by atoms with Crippen molar-refractivity contribution in [2.75, 3.05) is 17.7 Å². The summed E-state index contributed by atoms with van der Waals surface area (Å²) in [6, 6.07) is 1.95. The molecule has 9 heteroatoms. The van der Waals surface area contributed by atoms with Crippen LogP contribution >= 0.6 is 11.6 Å². The summed E-state index contributed by atoms with van der Waals surface area (Å²) in [7, 11) is 1.87. The highest BCUT2D eigenvalue weighted by Crippen LogP contribution is 2.23. The topological polar surface area (TPSA) is 108 Å². The predicted octanol–water partition coefficient (Wildman–Crippen LogP) is 1.47. The molecular formula is C14H19ClN6O2. The molecule has 2 rings (SSSR count). The molecular weight excluding hydrogens is 320 g/mol.